The van der Waals surface area contributed by atoms with Crippen LogP contribution in [0.2, 0.25) is 5.02 Å². The van der Waals surface area contributed by atoms with Crippen LogP contribution >= 0.6 is 11.6 Å². The van der Waals surface area contributed by atoms with Crippen LogP contribution in [0.25, 0.3) is 0 Å². The van der Waals surface area contributed by atoms with E-state index in [4.69, 9.17) is 11.6 Å². The van der Waals surface area contributed by atoms with E-state index < -0.39 is 17.5 Å². The molecule has 1 saturated carbocycles. The molecular formula is C17H21ClFNO3. The van der Waals surface area contributed by atoms with Crippen molar-refractivity contribution < 1.29 is 19.4 Å². The zero-order valence-electron chi connectivity index (χ0n) is 12.8. The molecule has 0 radical (unpaired) electrons. The number of benzene rings is 1. The molecule has 2 aliphatic rings. The van der Waals surface area contributed by atoms with Gasteiger partial charge in [0.05, 0.1) is 6.10 Å². The summed E-state index contributed by atoms with van der Waals surface area (Å²) in [6.45, 7) is 1.02. The molecule has 4 nitrogen and oxygen atoms in total. The van der Waals surface area contributed by atoms with E-state index >= 15 is 0 Å². The van der Waals surface area contributed by atoms with E-state index in [-0.39, 0.29) is 18.9 Å². The lowest BCUT2D eigenvalue weighted by molar-refractivity contribution is -0.165. The Labute approximate surface area is 139 Å². The maximum Gasteiger partial charge on any atom is 0.313 e. The number of rotatable bonds is 5. The summed E-state index contributed by atoms with van der Waals surface area (Å²) in [4.78, 5) is 13.8. The molecule has 2 fully saturated rings. The zero-order chi connectivity index (χ0) is 16.6. The fourth-order valence-electron chi connectivity index (χ4n) is 3.54. The second kappa shape index (κ2) is 6.38. The van der Waals surface area contributed by atoms with Crippen LogP contribution in [0.5, 0.6) is 0 Å². The minimum atomic E-state index is -1.16. The molecule has 1 heterocycles. The third kappa shape index (κ3) is 3.37. The van der Waals surface area contributed by atoms with Gasteiger partial charge in [0.15, 0.2) is 0 Å². The van der Waals surface area contributed by atoms with Crippen molar-refractivity contribution in [2.45, 2.75) is 38.3 Å². The first-order chi connectivity index (χ1) is 10.9. The minimum absolute atomic E-state index is 0.227. The summed E-state index contributed by atoms with van der Waals surface area (Å²) in [5.41, 5.74) is -0.770. The van der Waals surface area contributed by atoms with Crippen molar-refractivity contribution in [2.75, 3.05) is 13.1 Å². The maximum absolute atomic E-state index is 14.0. The molecule has 2 N–H and O–H groups in total. The highest BCUT2D eigenvalue weighted by Gasteiger charge is 2.51. The number of aliphatic hydroxyl groups is 1. The monoisotopic (exact) mass is 341 g/mol. The number of nitrogens with zero attached hydrogens (tertiary/aromatic N) is 1. The van der Waals surface area contributed by atoms with Gasteiger partial charge in [-0.2, -0.15) is 0 Å². The SMILES string of the molecule is O=C(O)[C@]1(CC2CC2)CN(Cc2c(F)cccc2Cl)CC[C@H]1O. The van der Waals surface area contributed by atoms with Gasteiger partial charge in [-0.15, -0.1) is 0 Å². The quantitative estimate of drug-likeness (QED) is 0.864. The van der Waals surface area contributed by atoms with E-state index in [1.807, 2.05) is 4.90 Å². The Morgan fingerprint density at radius 2 is 2.13 bits per heavy atom. The summed E-state index contributed by atoms with van der Waals surface area (Å²) in [5, 5.41) is 20.4. The van der Waals surface area contributed by atoms with Gasteiger partial charge < -0.3 is 10.2 Å². The normalized spacial score (nSPS) is 28.7. The number of likely N-dealkylation sites (tertiary alicyclic amines) is 1. The Kier molecular flexibility index (Phi) is 4.63. The average molecular weight is 342 g/mol. The molecule has 0 bridgehead atoms. The number of piperidine rings is 1. The van der Waals surface area contributed by atoms with E-state index in [2.05, 4.69) is 0 Å². The molecule has 3 rings (SSSR count). The molecule has 0 aromatic heterocycles. The van der Waals surface area contributed by atoms with Crippen LogP contribution in [0.4, 0.5) is 4.39 Å². The Hall–Kier alpha value is -1.17. The van der Waals surface area contributed by atoms with E-state index in [0.29, 0.717) is 35.9 Å². The first-order valence-electron chi connectivity index (χ1n) is 7.99. The van der Waals surface area contributed by atoms with Gasteiger partial charge in [0.25, 0.3) is 0 Å². The van der Waals surface area contributed by atoms with Crippen molar-refractivity contribution in [3.8, 4) is 0 Å². The Morgan fingerprint density at radius 3 is 2.74 bits per heavy atom. The van der Waals surface area contributed by atoms with Crippen LogP contribution in [-0.2, 0) is 11.3 Å². The third-order valence-electron chi connectivity index (χ3n) is 5.08. The van der Waals surface area contributed by atoms with E-state index in [1.165, 1.54) is 6.07 Å². The van der Waals surface area contributed by atoms with E-state index in [0.717, 1.165) is 12.8 Å². The number of carboxylic acids is 1. The average Bonchev–Trinajstić information content (AvgIpc) is 3.30. The molecule has 6 heteroatoms. The van der Waals surface area contributed by atoms with Gasteiger partial charge in [-0.1, -0.05) is 30.5 Å². The highest BCUT2D eigenvalue weighted by molar-refractivity contribution is 6.31. The zero-order valence-corrected chi connectivity index (χ0v) is 13.6. The van der Waals surface area contributed by atoms with Crippen LogP contribution < -0.4 is 0 Å². The van der Waals surface area contributed by atoms with Crippen LogP contribution in [0.1, 0.15) is 31.2 Å². The predicted octanol–water partition coefficient (Wildman–Crippen LogP) is 2.92. The Bertz CT molecular complexity index is 587. The number of hydrogen-bond donors (Lipinski definition) is 2. The molecule has 1 aromatic carbocycles. The number of halogens is 2. The van der Waals surface area contributed by atoms with E-state index in [9.17, 15) is 19.4 Å². The lowest BCUT2D eigenvalue weighted by Crippen LogP contribution is -2.56. The van der Waals surface area contributed by atoms with Gasteiger partial charge >= 0.3 is 5.97 Å². The van der Waals surface area contributed by atoms with Crippen molar-refractivity contribution in [3.63, 3.8) is 0 Å². The van der Waals surface area contributed by atoms with Gasteiger partial charge in [-0.05, 0) is 30.9 Å². The molecular weight excluding hydrogens is 321 g/mol. The largest absolute Gasteiger partial charge is 0.481 e. The molecule has 0 spiro atoms. The molecule has 2 atom stereocenters. The topological polar surface area (TPSA) is 60.8 Å². The number of hydrogen-bond acceptors (Lipinski definition) is 3. The Morgan fingerprint density at radius 1 is 1.39 bits per heavy atom. The fraction of sp³-hybridized carbons (Fsp3) is 0.588. The maximum atomic E-state index is 14.0. The number of aliphatic hydroxyl groups excluding tert-OH is 1. The van der Waals surface area contributed by atoms with Gasteiger partial charge in [0, 0.05) is 30.2 Å². The van der Waals surface area contributed by atoms with E-state index in [1.54, 1.807) is 12.1 Å². The number of aliphatic carboxylic acids is 1. The van der Waals surface area contributed by atoms with Crippen molar-refractivity contribution in [1.29, 1.82) is 0 Å². The highest BCUT2D eigenvalue weighted by atomic mass is 35.5. The third-order valence-corrected chi connectivity index (χ3v) is 5.44. The van der Waals surface area contributed by atoms with Crippen molar-refractivity contribution in [1.82, 2.24) is 4.90 Å². The molecule has 1 aliphatic carbocycles. The number of carboxylic acid groups (broad SMARTS) is 1. The van der Waals surface area contributed by atoms with Gasteiger partial charge in [0.1, 0.15) is 11.2 Å². The van der Waals surface area contributed by atoms with Crippen molar-refractivity contribution in [2.24, 2.45) is 11.3 Å². The minimum Gasteiger partial charge on any atom is -0.481 e. The van der Waals surface area contributed by atoms with Crippen LogP contribution in [0.3, 0.4) is 0 Å². The number of carbonyl (C=O) groups is 1. The standard InChI is InChI=1S/C17H21ClFNO3/c18-13-2-1-3-14(19)12(13)9-20-7-6-15(21)17(10-20,16(22)23)8-11-4-5-11/h1-3,11,15,21H,4-10H2,(H,22,23)/t15-,17-/m1/s1. The first kappa shape index (κ1) is 16.7. The van der Waals surface area contributed by atoms with Gasteiger partial charge in [-0.25, -0.2) is 4.39 Å². The molecule has 0 unspecified atom stereocenters. The summed E-state index contributed by atoms with van der Waals surface area (Å²) in [6, 6.07) is 4.54. The lowest BCUT2D eigenvalue weighted by Gasteiger charge is -2.43. The predicted molar refractivity (Wildman–Crippen MR) is 84.7 cm³/mol. The molecule has 23 heavy (non-hydrogen) atoms. The smallest absolute Gasteiger partial charge is 0.313 e. The summed E-state index contributed by atoms with van der Waals surface area (Å²) in [6.07, 6.45) is 2.07. The second-order valence-electron chi connectivity index (χ2n) is 6.82. The molecule has 126 valence electrons. The van der Waals surface area contributed by atoms with Gasteiger partial charge in [0.2, 0.25) is 0 Å². The summed E-state index contributed by atoms with van der Waals surface area (Å²) in [5.74, 6) is -0.953. The second-order valence-corrected chi connectivity index (χ2v) is 7.23. The Balaban J connectivity index is 1.80. The molecule has 1 aromatic rings. The van der Waals surface area contributed by atoms with Crippen LogP contribution in [0.15, 0.2) is 18.2 Å². The van der Waals surface area contributed by atoms with Gasteiger partial charge in [-0.3, -0.25) is 9.69 Å². The summed E-state index contributed by atoms with van der Waals surface area (Å²) in [7, 11) is 0. The lowest BCUT2D eigenvalue weighted by atomic mass is 9.73. The fourth-order valence-corrected chi connectivity index (χ4v) is 3.76. The van der Waals surface area contributed by atoms with Crippen molar-refractivity contribution in [3.05, 3.63) is 34.6 Å². The van der Waals surface area contributed by atoms with Crippen LogP contribution in [-0.4, -0.2) is 40.3 Å². The summed E-state index contributed by atoms with van der Waals surface area (Å²) < 4.78 is 14.0. The highest BCUT2D eigenvalue weighted by Crippen LogP contribution is 2.45. The first-order valence-corrected chi connectivity index (χ1v) is 8.37. The summed E-state index contributed by atoms with van der Waals surface area (Å²) >= 11 is 6.07. The molecule has 1 saturated heterocycles. The molecule has 1 aliphatic heterocycles. The molecule has 0 amide bonds. The van der Waals surface area contributed by atoms with Crippen molar-refractivity contribution >= 4 is 17.6 Å². The van der Waals surface area contributed by atoms with Crippen LogP contribution in [0, 0.1) is 17.2 Å².